The van der Waals surface area contributed by atoms with E-state index in [1.54, 1.807) is 6.20 Å². The number of nitrogen functional groups attached to an aromatic ring is 1. The molecule has 2 N–H and O–H groups in total. The molecule has 2 heterocycles. The molecule has 0 radical (unpaired) electrons. The van der Waals surface area contributed by atoms with Crippen molar-refractivity contribution < 1.29 is 0 Å². The molecule has 0 aliphatic rings. The molecule has 2 aromatic heterocycles. The van der Waals surface area contributed by atoms with Crippen molar-refractivity contribution in [3.05, 3.63) is 42.4 Å². The summed E-state index contributed by atoms with van der Waals surface area (Å²) in [5, 5.41) is 0. The third-order valence-electron chi connectivity index (χ3n) is 2.72. The normalized spacial score (nSPS) is 10.7. The fraction of sp³-hybridized carbons (Fsp3) is 0.0769. The first-order chi connectivity index (χ1) is 8.74. The van der Waals surface area contributed by atoms with Gasteiger partial charge in [0.1, 0.15) is 11.8 Å². The molecule has 0 unspecified atom stereocenters. The molecule has 3 rings (SSSR count). The second-order valence-corrected chi connectivity index (χ2v) is 4.05. The third-order valence-corrected chi connectivity index (χ3v) is 2.72. The Kier molecular flexibility index (Phi) is 2.37. The third kappa shape index (κ3) is 1.75. The lowest BCUT2D eigenvalue weighted by Gasteiger charge is -2.03. The van der Waals surface area contributed by atoms with Crippen molar-refractivity contribution in [2.45, 2.75) is 6.92 Å². The standard InChI is InChI=1S/C13H11N5/c1-8-2-4-9(5-3-8)10-6-15-11-12(14)16-7-17-13(11)18-10/h2-7H,1H3,(H2,14,16,17,18). The first-order valence-electron chi connectivity index (χ1n) is 5.54. The highest BCUT2D eigenvalue weighted by Gasteiger charge is 2.06. The highest BCUT2D eigenvalue weighted by atomic mass is 15.0. The summed E-state index contributed by atoms with van der Waals surface area (Å²) in [6, 6.07) is 8.09. The van der Waals surface area contributed by atoms with Gasteiger partial charge in [-0.1, -0.05) is 29.8 Å². The Morgan fingerprint density at radius 1 is 1.00 bits per heavy atom. The number of aryl methyl sites for hydroxylation is 1. The topological polar surface area (TPSA) is 77.6 Å². The van der Waals surface area contributed by atoms with Crippen molar-refractivity contribution in [3.63, 3.8) is 0 Å². The maximum Gasteiger partial charge on any atom is 0.184 e. The lowest BCUT2D eigenvalue weighted by molar-refractivity contribution is 1.15. The molecule has 0 saturated heterocycles. The average Bonchev–Trinajstić information content (AvgIpc) is 2.39. The number of hydrogen-bond acceptors (Lipinski definition) is 5. The van der Waals surface area contributed by atoms with E-state index in [1.165, 1.54) is 11.9 Å². The minimum absolute atomic E-state index is 0.350. The zero-order valence-electron chi connectivity index (χ0n) is 9.83. The van der Waals surface area contributed by atoms with Crippen LogP contribution in [-0.4, -0.2) is 19.9 Å². The molecule has 1 aromatic carbocycles. The Hall–Kier alpha value is -2.56. The van der Waals surface area contributed by atoms with Gasteiger partial charge in [0.15, 0.2) is 11.5 Å². The van der Waals surface area contributed by atoms with Gasteiger partial charge in [-0.3, -0.25) is 0 Å². The van der Waals surface area contributed by atoms with E-state index in [4.69, 9.17) is 5.73 Å². The highest BCUT2D eigenvalue weighted by Crippen LogP contribution is 2.19. The van der Waals surface area contributed by atoms with Crippen LogP contribution in [0.2, 0.25) is 0 Å². The summed E-state index contributed by atoms with van der Waals surface area (Å²) in [7, 11) is 0. The van der Waals surface area contributed by atoms with Gasteiger partial charge >= 0.3 is 0 Å². The van der Waals surface area contributed by atoms with E-state index in [9.17, 15) is 0 Å². The van der Waals surface area contributed by atoms with Gasteiger partial charge in [-0.15, -0.1) is 0 Å². The minimum Gasteiger partial charge on any atom is -0.382 e. The summed E-state index contributed by atoms with van der Waals surface area (Å²) in [5.74, 6) is 0.350. The molecule has 18 heavy (non-hydrogen) atoms. The van der Waals surface area contributed by atoms with Crippen LogP contribution in [-0.2, 0) is 0 Å². The van der Waals surface area contributed by atoms with Gasteiger partial charge in [-0.25, -0.2) is 19.9 Å². The van der Waals surface area contributed by atoms with Gasteiger partial charge in [0, 0.05) is 5.56 Å². The molecule has 0 fully saturated rings. The predicted octanol–water partition coefficient (Wildman–Crippen LogP) is 1.98. The van der Waals surface area contributed by atoms with Crippen molar-refractivity contribution >= 4 is 17.0 Å². The van der Waals surface area contributed by atoms with E-state index in [-0.39, 0.29) is 0 Å². The van der Waals surface area contributed by atoms with Crippen LogP contribution >= 0.6 is 0 Å². The first-order valence-corrected chi connectivity index (χ1v) is 5.54. The summed E-state index contributed by atoms with van der Waals surface area (Å²) in [6.07, 6.45) is 3.08. The van der Waals surface area contributed by atoms with Crippen molar-refractivity contribution in [2.75, 3.05) is 5.73 Å². The van der Waals surface area contributed by atoms with Crippen molar-refractivity contribution in [2.24, 2.45) is 0 Å². The highest BCUT2D eigenvalue weighted by molar-refractivity contribution is 5.81. The number of hydrogen-bond donors (Lipinski definition) is 1. The Morgan fingerprint density at radius 2 is 1.78 bits per heavy atom. The molecule has 3 aromatic rings. The second kappa shape index (κ2) is 4.03. The van der Waals surface area contributed by atoms with E-state index in [0.29, 0.717) is 17.0 Å². The number of nitrogens with two attached hydrogens (primary N) is 1. The number of nitrogens with zero attached hydrogens (tertiary/aromatic N) is 4. The molecule has 0 atom stereocenters. The van der Waals surface area contributed by atoms with Gasteiger partial charge in [0.05, 0.1) is 11.9 Å². The SMILES string of the molecule is Cc1ccc(-c2cnc3c(N)ncnc3n2)cc1. The zero-order chi connectivity index (χ0) is 12.5. The zero-order valence-corrected chi connectivity index (χ0v) is 9.83. The van der Waals surface area contributed by atoms with Gasteiger partial charge in [-0.2, -0.15) is 0 Å². The van der Waals surface area contributed by atoms with Crippen molar-refractivity contribution in [1.29, 1.82) is 0 Å². The lowest BCUT2D eigenvalue weighted by atomic mass is 10.1. The second-order valence-electron chi connectivity index (χ2n) is 4.05. The number of aromatic nitrogens is 4. The van der Waals surface area contributed by atoms with E-state index >= 15 is 0 Å². The van der Waals surface area contributed by atoms with Gasteiger partial charge < -0.3 is 5.73 Å². The molecule has 0 spiro atoms. The number of rotatable bonds is 1. The summed E-state index contributed by atoms with van der Waals surface area (Å²) in [4.78, 5) is 16.7. The van der Waals surface area contributed by atoms with Gasteiger partial charge in [0.2, 0.25) is 0 Å². The van der Waals surface area contributed by atoms with Crippen LogP contribution in [0.25, 0.3) is 22.4 Å². The quantitative estimate of drug-likeness (QED) is 0.700. The molecule has 0 amide bonds. The Bertz CT molecular complexity index is 706. The van der Waals surface area contributed by atoms with E-state index < -0.39 is 0 Å². The Labute approximate surface area is 104 Å². The van der Waals surface area contributed by atoms with E-state index in [2.05, 4.69) is 19.9 Å². The van der Waals surface area contributed by atoms with Crippen LogP contribution in [0.5, 0.6) is 0 Å². The smallest absolute Gasteiger partial charge is 0.184 e. The summed E-state index contributed by atoms with van der Waals surface area (Å²) in [5.41, 5.74) is 9.75. The largest absolute Gasteiger partial charge is 0.382 e. The van der Waals surface area contributed by atoms with Crippen LogP contribution in [0.1, 0.15) is 5.56 Å². The first kappa shape index (κ1) is 10.6. The summed E-state index contributed by atoms with van der Waals surface area (Å²) in [6.45, 7) is 2.05. The Morgan fingerprint density at radius 3 is 2.56 bits per heavy atom. The van der Waals surface area contributed by atoms with Crippen LogP contribution in [0.3, 0.4) is 0 Å². The summed E-state index contributed by atoms with van der Waals surface area (Å²) < 4.78 is 0. The minimum atomic E-state index is 0.350. The monoisotopic (exact) mass is 237 g/mol. The van der Waals surface area contributed by atoms with Gasteiger partial charge in [-0.05, 0) is 6.92 Å². The fourth-order valence-electron chi connectivity index (χ4n) is 1.72. The Balaban J connectivity index is 2.16. The van der Waals surface area contributed by atoms with Crippen molar-refractivity contribution in [1.82, 2.24) is 19.9 Å². The molecule has 0 saturated carbocycles. The van der Waals surface area contributed by atoms with Crippen LogP contribution in [0, 0.1) is 6.92 Å². The number of benzene rings is 1. The van der Waals surface area contributed by atoms with E-state index in [0.717, 1.165) is 11.3 Å². The molecule has 88 valence electrons. The molecule has 0 aliphatic heterocycles. The maximum atomic E-state index is 5.71. The maximum absolute atomic E-state index is 5.71. The molecule has 5 heteroatoms. The van der Waals surface area contributed by atoms with E-state index in [1.807, 2.05) is 31.2 Å². The molecule has 5 nitrogen and oxygen atoms in total. The molecule has 0 bridgehead atoms. The fourth-order valence-corrected chi connectivity index (χ4v) is 1.72. The number of fused-ring (bicyclic) bond motifs is 1. The lowest BCUT2D eigenvalue weighted by Crippen LogP contribution is -1.98. The molecular weight excluding hydrogens is 226 g/mol. The van der Waals surface area contributed by atoms with Crippen LogP contribution in [0.4, 0.5) is 5.82 Å². The molecule has 0 aliphatic carbocycles. The van der Waals surface area contributed by atoms with Crippen LogP contribution in [0.15, 0.2) is 36.8 Å². The number of anilines is 1. The van der Waals surface area contributed by atoms with Crippen LogP contribution < -0.4 is 5.73 Å². The predicted molar refractivity (Wildman–Crippen MR) is 69.7 cm³/mol. The summed E-state index contributed by atoms with van der Waals surface area (Å²) >= 11 is 0. The average molecular weight is 237 g/mol. The van der Waals surface area contributed by atoms with Gasteiger partial charge in [0.25, 0.3) is 0 Å². The molecular formula is C13H11N5. The van der Waals surface area contributed by atoms with Crippen molar-refractivity contribution in [3.8, 4) is 11.3 Å².